The van der Waals surface area contributed by atoms with Gasteiger partial charge in [-0.05, 0) is 51.5 Å². The van der Waals surface area contributed by atoms with Crippen molar-refractivity contribution in [2.45, 2.75) is 33.3 Å². The highest BCUT2D eigenvalue weighted by molar-refractivity contribution is 5.96. The normalized spacial score (nSPS) is 11.2. The van der Waals surface area contributed by atoms with Gasteiger partial charge in [-0.1, -0.05) is 0 Å². The zero-order valence-electron chi connectivity index (χ0n) is 12.5. The summed E-state index contributed by atoms with van der Waals surface area (Å²) in [6.07, 6.45) is 0. The van der Waals surface area contributed by atoms with Crippen LogP contribution in [0, 0.1) is 6.92 Å². The number of aryl methyl sites for hydroxylation is 1. The lowest BCUT2D eigenvalue weighted by Crippen LogP contribution is -2.40. The van der Waals surface area contributed by atoms with Crippen LogP contribution in [0.3, 0.4) is 0 Å². The van der Waals surface area contributed by atoms with E-state index in [1.54, 1.807) is 0 Å². The second-order valence-corrected chi connectivity index (χ2v) is 5.16. The van der Waals surface area contributed by atoms with Crippen molar-refractivity contribution in [3.8, 4) is 0 Å². The van der Waals surface area contributed by atoms with Crippen molar-refractivity contribution in [1.29, 1.82) is 0 Å². The highest BCUT2D eigenvalue weighted by Gasteiger charge is 2.19. The minimum atomic E-state index is -0.344. The predicted octanol–water partition coefficient (Wildman–Crippen LogP) is 2.58. The molecule has 1 aromatic rings. The number of amides is 1. The molecule has 0 aliphatic heterocycles. The van der Waals surface area contributed by atoms with Crippen LogP contribution in [0.15, 0.2) is 18.2 Å². The van der Waals surface area contributed by atoms with Gasteiger partial charge in [0, 0.05) is 31.5 Å². The van der Waals surface area contributed by atoms with Crippen LogP contribution in [0.25, 0.3) is 0 Å². The summed E-state index contributed by atoms with van der Waals surface area (Å²) in [7, 11) is 1.86. The zero-order chi connectivity index (χ0) is 14.5. The van der Waals surface area contributed by atoms with Crippen LogP contribution in [-0.2, 0) is 4.74 Å². The fraction of sp³-hybridized carbons (Fsp3) is 0.533. The van der Waals surface area contributed by atoms with E-state index in [2.05, 4.69) is 10.6 Å². The van der Waals surface area contributed by atoms with Gasteiger partial charge in [-0.3, -0.25) is 4.79 Å². The van der Waals surface area contributed by atoms with E-state index < -0.39 is 0 Å². The molecule has 19 heavy (non-hydrogen) atoms. The van der Waals surface area contributed by atoms with E-state index in [9.17, 15) is 4.79 Å². The summed E-state index contributed by atoms with van der Waals surface area (Å²) in [5.74, 6) is -0.0621. The monoisotopic (exact) mass is 264 g/mol. The Kier molecular flexibility index (Phi) is 5.36. The van der Waals surface area contributed by atoms with E-state index in [0.717, 1.165) is 11.3 Å². The Bertz CT molecular complexity index is 442. The van der Waals surface area contributed by atoms with Crippen LogP contribution in [0.2, 0.25) is 0 Å². The number of ether oxygens (including phenoxy) is 1. The summed E-state index contributed by atoms with van der Waals surface area (Å²) in [5.41, 5.74) is 2.32. The molecule has 0 aromatic heterocycles. The number of anilines is 1. The summed E-state index contributed by atoms with van der Waals surface area (Å²) in [4.78, 5) is 12.1. The number of benzene rings is 1. The molecule has 0 radical (unpaired) electrons. The van der Waals surface area contributed by atoms with Gasteiger partial charge in [0.25, 0.3) is 5.91 Å². The molecular formula is C15H24N2O2. The van der Waals surface area contributed by atoms with E-state index in [-0.39, 0.29) is 11.5 Å². The van der Waals surface area contributed by atoms with Gasteiger partial charge in [0.15, 0.2) is 0 Å². The maximum absolute atomic E-state index is 12.1. The highest BCUT2D eigenvalue weighted by atomic mass is 16.5. The molecule has 0 aliphatic rings. The molecule has 0 heterocycles. The van der Waals surface area contributed by atoms with Crippen LogP contribution in [0.5, 0.6) is 0 Å². The zero-order valence-corrected chi connectivity index (χ0v) is 12.5. The van der Waals surface area contributed by atoms with Gasteiger partial charge in [0.05, 0.1) is 5.60 Å². The van der Waals surface area contributed by atoms with Crippen molar-refractivity contribution in [3.63, 3.8) is 0 Å². The first-order valence-electron chi connectivity index (χ1n) is 6.60. The molecule has 4 nitrogen and oxygen atoms in total. The maximum atomic E-state index is 12.1. The molecule has 1 amide bonds. The summed E-state index contributed by atoms with van der Waals surface area (Å²) < 4.78 is 5.56. The van der Waals surface area contributed by atoms with E-state index in [0.29, 0.717) is 18.7 Å². The average molecular weight is 264 g/mol. The number of rotatable bonds is 6. The molecule has 1 rings (SSSR count). The molecule has 106 valence electrons. The minimum absolute atomic E-state index is 0.0621. The largest absolute Gasteiger partial charge is 0.388 e. The van der Waals surface area contributed by atoms with Crippen LogP contribution in [0.1, 0.15) is 36.7 Å². The van der Waals surface area contributed by atoms with Gasteiger partial charge >= 0.3 is 0 Å². The third kappa shape index (κ3) is 4.56. The second-order valence-electron chi connectivity index (χ2n) is 5.16. The molecule has 4 heteroatoms. The second kappa shape index (κ2) is 6.57. The molecule has 0 aliphatic carbocycles. The van der Waals surface area contributed by atoms with E-state index >= 15 is 0 Å². The van der Waals surface area contributed by atoms with Crippen LogP contribution in [0.4, 0.5) is 5.69 Å². The molecular weight excluding hydrogens is 240 g/mol. The summed E-state index contributed by atoms with van der Waals surface area (Å²) in [6.45, 7) is 8.95. The van der Waals surface area contributed by atoms with Gasteiger partial charge in [-0.15, -0.1) is 0 Å². The highest BCUT2D eigenvalue weighted by Crippen LogP contribution is 2.15. The van der Waals surface area contributed by atoms with Crippen molar-refractivity contribution in [1.82, 2.24) is 5.32 Å². The summed E-state index contributed by atoms with van der Waals surface area (Å²) in [6, 6.07) is 5.70. The molecule has 0 fully saturated rings. The lowest BCUT2D eigenvalue weighted by molar-refractivity contribution is -0.00815. The number of carbonyl (C=O) groups is 1. The molecule has 2 N–H and O–H groups in total. The van der Waals surface area contributed by atoms with E-state index in [1.165, 1.54) is 0 Å². The van der Waals surface area contributed by atoms with Crippen LogP contribution < -0.4 is 10.6 Å². The Morgan fingerprint density at radius 1 is 1.37 bits per heavy atom. The quantitative estimate of drug-likeness (QED) is 0.830. The van der Waals surface area contributed by atoms with Gasteiger partial charge in [0.1, 0.15) is 0 Å². The lowest BCUT2D eigenvalue weighted by atomic mass is 10.1. The molecule has 0 unspecified atom stereocenters. The van der Waals surface area contributed by atoms with E-state index in [4.69, 9.17) is 4.74 Å². The smallest absolute Gasteiger partial charge is 0.251 e. The first-order valence-corrected chi connectivity index (χ1v) is 6.60. The fourth-order valence-electron chi connectivity index (χ4n) is 1.90. The Hall–Kier alpha value is -1.55. The number of nitrogens with one attached hydrogen (secondary N) is 2. The third-order valence-corrected chi connectivity index (χ3v) is 2.97. The SMILES string of the molecule is CCOC(C)(C)CNC(=O)c1ccc(NC)cc1C. The summed E-state index contributed by atoms with van der Waals surface area (Å²) >= 11 is 0. The Morgan fingerprint density at radius 2 is 2.05 bits per heavy atom. The fourth-order valence-corrected chi connectivity index (χ4v) is 1.90. The molecule has 0 saturated heterocycles. The lowest BCUT2D eigenvalue weighted by Gasteiger charge is -2.25. The first-order chi connectivity index (χ1) is 8.89. The topological polar surface area (TPSA) is 50.4 Å². The molecule has 0 atom stereocenters. The van der Waals surface area contributed by atoms with Crippen LogP contribution >= 0.6 is 0 Å². The van der Waals surface area contributed by atoms with Crippen molar-refractivity contribution < 1.29 is 9.53 Å². The Labute approximate surface area is 115 Å². The number of carbonyl (C=O) groups excluding carboxylic acids is 1. The first kappa shape index (κ1) is 15.5. The predicted molar refractivity (Wildman–Crippen MR) is 78.8 cm³/mol. The molecule has 0 saturated carbocycles. The van der Waals surface area contributed by atoms with Crippen molar-refractivity contribution in [2.75, 3.05) is 25.5 Å². The average Bonchev–Trinajstić information content (AvgIpc) is 2.36. The van der Waals surface area contributed by atoms with Crippen molar-refractivity contribution in [2.24, 2.45) is 0 Å². The molecule has 0 spiro atoms. The Balaban J connectivity index is 2.68. The van der Waals surface area contributed by atoms with Crippen molar-refractivity contribution >= 4 is 11.6 Å². The Morgan fingerprint density at radius 3 is 2.58 bits per heavy atom. The molecule has 1 aromatic carbocycles. The summed E-state index contributed by atoms with van der Waals surface area (Å²) in [5, 5.41) is 5.97. The number of hydrogen-bond donors (Lipinski definition) is 2. The van der Waals surface area contributed by atoms with Gasteiger partial charge in [-0.25, -0.2) is 0 Å². The van der Waals surface area contributed by atoms with E-state index in [1.807, 2.05) is 52.9 Å². The standard InChI is InChI=1S/C15H24N2O2/c1-6-19-15(3,4)10-17-14(18)13-8-7-12(16-5)9-11(13)2/h7-9,16H,6,10H2,1-5H3,(H,17,18). The van der Waals surface area contributed by atoms with Crippen LogP contribution in [-0.4, -0.2) is 31.7 Å². The third-order valence-electron chi connectivity index (χ3n) is 2.97. The van der Waals surface area contributed by atoms with Gasteiger partial charge in [0.2, 0.25) is 0 Å². The van der Waals surface area contributed by atoms with Gasteiger partial charge in [-0.2, -0.15) is 0 Å². The molecule has 0 bridgehead atoms. The maximum Gasteiger partial charge on any atom is 0.251 e. The minimum Gasteiger partial charge on any atom is -0.388 e. The van der Waals surface area contributed by atoms with Crippen molar-refractivity contribution in [3.05, 3.63) is 29.3 Å². The van der Waals surface area contributed by atoms with Gasteiger partial charge < -0.3 is 15.4 Å². The number of hydrogen-bond acceptors (Lipinski definition) is 3.